The van der Waals surface area contributed by atoms with Gasteiger partial charge < -0.3 is 10.4 Å². The zero-order valence-corrected chi connectivity index (χ0v) is 10.7. The molecule has 0 aliphatic rings. The van der Waals surface area contributed by atoms with Crippen molar-refractivity contribution >= 4 is 33.2 Å². The number of nitrogens with zero attached hydrogens (tertiary/aromatic N) is 1. The van der Waals surface area contributed by atoms with Crippen LogP contribution in [0.4, 0.5) is 5.13 Å². The van der Waals surface area contributed by atoms with Gasteiger partial charge in [0, 0.05) is 34.2 Å². The zero-order valence-electron chi connectivity index (χ0n) is 9.10. The van der Waals surface area contributed by atoms with Crippen LogP contribution in [0.25, 0.3) is 0 Å². The smallest absolute Gasteiger partial charge is 0.355 e. The van der Waals surface area contributed by atoms with Gasteiger partial charge in [-0.15, -0.1) is 11.3 Å². The maximum absolute atomic E-state index is 10.9. The van der Waals surface area contributed by atoms with E-state index >= 15 is 0 Å². The highest BCUT2D eigenvalue weighted by molar-refractivity contribution is 7.84. The van der Waals surface area contributed by atoms with E-state index in [1.807, 2.05) is 6.92 Å². The van der Waals surface area contributed by atoms with Gasteiger partial charge in [-0.2, -0.15) is 0 Å². The van der Waals surface area contributed by atoms with Crippen LogP contribution in [0.3, 0.4) is 0 Å². The average Bonchev–Trinajstić information content (AvgIpc) is 2.63. The number of rotatable bonds is 6. The van der Waals surface area contributed by atoms with Crippen LogP contribution in [-0.4, -0.2) is 38.3 Å². The molecule has 0 aliphatic heterocycles. The first-order valence-electron chi connectivity index (χ1n) is 4.74. The van der Waals surface area contributed by atoms with Crippen LogP contribution >= 0.6 is 11.3 Å². The normalized spacial score (nSPS) is 14.4. The van der Waals surface area contributed by atoms with E-state index in [0.29, 0.717) is 10.9 Å². The highest BCUT2D eigenvalue weighted by atomic mass is 32.2. The predicted octanol–water partition coefficient (Wildman–Crippen LogP) is 1.41. The number of aromatic carboxylic acids is 1. The summed E-state index contributed by atoms with van der Waals surface area (Å²) < 4.78 is 10.9. The largest absolute Gasteiger partial charge is 0.476 e. The van der Waals surface area contributed by atoms with Gasteiger partial charge in [0.2, 0.25) is 0 Å². The van der Waals surface area contributed by atoms with Crippen LogP contribution in [0.15, 0.2) is 5.38 Å². The lowest BCUT2D eigenvalue weighted by molar-refractivity contribution is 0.0691. The summed E-state index contributed by atoms with van der Waals surface area (Å²) in [6.07, 6.45) is 2.43. The van der Waals surface area contributed by atoms with Crippen LogP contribution < -0.4 is 5.32 Å². The number of carbonyl (C=O) groups is 1. The Bertz CT molecular complexity index is 392. The van der Waals surface area contributed by atoms with Crippen molar-refractivity contribution in [1.29, 1.82) is 0 Å². The Labute approximate surface area is 100 Å². The van der Waals surface area contributed by atoms with E-state index in [2.05, 4.69) is 10.3 Å². The molecular weight excluding hydrogens is 248 g/mol. The molecule has 2 atom stereocenters. The Hall–Kier alpha value is -0.950. The van der Waals surface area contributed by atoms with Gasteiger partial charge in [-0.3, -0.25) is 4.21 Å². The molecule has 1 rings (SSSR count). The first-order valence-corrected chi connectivity index (χ1v) is 7.35. The second-order valence-corrected chi connectivity index (χ2v) is 5.87. The van der Waals surface area contributed by atoms with E-state index in [0.717, 1.165) is 6.42 Å². The minimum absolute atomic E-state index is 0.0544. The third-order valence-electron chi connectivity index (χ3n) is 1.93. The molecule has 2 unspecified atom stereocenters. The molecule has 1 heterocycles. The molecule has 0 amide bonds. The lowest BCUT2D eigenvalue weighted by atomic mass is 10.3. The Balaban J connectivity index is 2.46. The van der Waals surface area contributed by atoms with Crippen LogP contribution in [-0.2, 0) is 10.8 Å². The van der Waals surface area contributed by atoms with Crippen molar-refractivity contribution in [1.82, 2.24) is 4.98 Å². The van der Waals surface area contributed by atoms with Crippen LogP contribution in [0.2, 0.25) is 0 Å². The topological polar surface area (TPSA) is 79.3 Å². The number of thiazole rings is 1. The monoisotopic (exact) mass is 262 g/mol. The first-order chi connectivity index (χ1) is 7.49. The number of carboxylic acid groups (broad SMARTS) is 1. The molecular formula is C9H14N2O3S2. The van der Waals surface area contributed by atoms with Gasteiger partial charge in [0.25, 0.3) is 0 Å². The molecule has 1 aromatic heterocycles. The molecule has 0 radical (unpaired) electrons. The molecule has 5 nitrogen and oxygen atoms in total. The van der Waals surface area contributed by atoms with E-state index < -0.39 is 16.8 Å². The molecule has 0 aliphatic carbocycles. The Kier molecular flexibility index (Phi) is 4.88. The fourth-order valence-corrected chi connectivity index (χ4v) is 2.55. The number of hydrogen-bond acceptors (Lipinski definition) is 5. The van der Waals surface area contributed by atoms with Gasteiger partial charge in [-0.1, -0.05) is 0 Å². The quantitative estimate of drug-likeness (QED) is 0.810. The molecule has 7 heteroatoms. The SMILES string of the molecule is CC(CCS(C)=O)Nc1nc(C(=O)O)cs1. The summed E-state index contributed by atoms with van der Waals surface area (Å²) in [7, 11) is -0.797. The zero-order chi connectivity index (χ0) is 12.1. The predicted molar refractivity (Wildman–Crippen MR) is 65.7 cm³/mol. The maximum Gasteiger partial charge on any atom is 0.355 e. The summed E-state index contributed by atoms with van der Waals surface area (Å²) in [5, 5.41) is 13.9. The van der Waals surface area contributed by atoms with E-state index in [1.165, 1.54) is 16.7 Å². The molecule has 0 aromatic carbocycles. The average molecular weight is 262 g/mol. The van der Waals surface area contributed by atoms with Gasteiger partial charge in [0.05, 0.1) is 0 Å². The summed E-state index contributed by atoms with van der Waals surface area (Å²) in [5.41, 5.74) is 0.0544. The fourth-order valence-electron chi connectivity index (χ4n) is 1.06. The number of carboxylic acids is 1. The van der Waals surface area contributed by atoms with Crippen molar-refractivity contribution in [3.63, 3.8) is 0 Å². The lowest BCUT2D eigenvalue weighted by Gasteiger charge is -2.11. The third kappa shape index (κ3) is 4.28. The summed E-state index contributed by atoms with van der Waals surface area (Å²) in [4.78, 5) is 14.5. The molecule has 16 heavy (non-hydrogen) atoms. The van der Waals surface area contributed by atoms with Crippen molar-refractivity contribution in [3.8, 4) is 0 Å². The number of aromatic nitrogens is 1. The highest BCUT2D eigenvalue weighted by Crippen LogP contribution is 2.16. The van der Waals surface area contributed by atoms with E-state index in [1.54, 1.807) is 6.26 Å². The van der Waals surface area contributed by atoms with Crippen molar-refractivity contribution in [2.24, 2.45) is 0 Å². The highest BCUT2D eigenvalue weighted by Gasteiger charge is 2.10. The maximum atomic E-state index is 10.9. The summed E-state index contributed by atoms with van der Waals surface area (Å²) in [6, 6.07) is 0.136. The standard InChI is InChI=1S/C9H14N2O3S2/c1-6(3-4-16(2)14)10-9-11-7(5-15-9)8(12)13/h5-6H,3-4H2,1-2H3,(H,10,11)(H,12,13). The van der Waals surface area contributed by atoms with Crippen LogP contribution in [0.5, 0.6) is 0 Å². The van der Waals surface area contributed by atoms with E-state index in [4.69, 9.17) is 5.11 Å². The van der Waals surface area contributed by atoms with Gasteiger partial charge in [-0.25, -0.2) is 9.78 Å². The summed E-state index contributed by atoms with van der Waals surface area (Å²) in [5.74, 6) is -0.391. The molecule has 0 saturated heterocycles. The number of nitrogens with one attached hydrogen (secondary N) is 1. The molecule has 90 valence electrons. The second-order valence-electron chi connectivity index (χ2n) is 3.45. The van der Waals surface area contributed by atoms with E-state index in [9.17, 15) is 9.00 Å². The molecule has 0 spiro atoms. The summed E-state index contributed by atoms with van der Waals surface area (Å²) >= 11 is 1.26. The number of anilines is 1. The molecule has 0 saturated carbocycles. The van der Waals surface area contributed by atoms with Crippen molar-refractivity contribution in [3.05, 3.63) is 11.1 Å². The molecule has 0 bridgehead atoms. The Morgan fingerprint density at radius 3 is 2.94 bits per heavy atom. The van der Waals surface area contributed by atoms with E-state index in [-0.39, 0.29) is 11.7 Å². The fraction of sp³-hybridized carbons (Fsp3) is 0.556. The van der Waals surface area contributed by atoms with Gasteiger partial charge in [0.1, 0.15) is 0 Å². The molecule has 0 fully saturated rings. The van der Waals surface area contributed by atoms with Crippen molar-refractivity contribution in [2.45, 2.75) is 19.4 Å². The third-order valence-corrected chi connectivity index (χ3v) is 3.52. The second kappa shape index (κ2) is 5.95. The molecule has 2 N–H and O–H groups in total. The van der Waals surface area contributed by atoms with Gasteiger partial charge >= 0.3 is 5.97 Å². The minimum Gasteiger partial charge on any atom is -0.476 e. The first kappa shape index (κ1) is 13.1. The Morgan fingerprint density at radius 2 is 2.44 bits per heavy atom. The van der Waals surface area contributed by atoms with Crippen LogP contribution in [0, 0.1) is 0 Å². The van der Waals surface area contributed by atoms with Gasteiger partial charge in [-0.05, 0) is 13.3 Å². The minimum atomic E-state index is -1.02. The van der Waals surface area contributed by atoms with Crippen molar-refractivity contribution < 1.29 is 14.1 Å². The summed E-state index contributed by atoms with van der Waals surface area (Å²) in [6.45, 7) is 1.95. The van der Waals surface area contributed by atoms with Crippen molar-refractivity contribution in [2.75, 3.05) is 17.3 Å². The number of hydrogen-bond donors (Lipinski definition) is 2. The lowest BCUT2D eigenvalue weighted by Crippen LogP contribution is -2.17. The molecule has 1 aromatic rings. The van der Waals surface area contributed by atoms with Gasteiger partial charge in [0.15, 0.2) is 10.8 Å². The Morgan fingerprint density at radius 1 is 1.75 bits per heavy atom. The van der Waals surface area contributed by atoms with Crippen LogP contribution in [0.1, 0.15) is 23.8 Å².